The van der Waals surface area contributed by atoms with E-state index in [1.54, 1.807) is 23.4 Å². The summed E-state index contributed by atoms with van der Waals surface area (Å²) in [6.07, 6.45) is 5.00. The highest BCUT2D eigenvalue weighted by Crippen LogP contribution is 2.28. The number of nitrogens with zero attached hydrogens (tertiary/aromatic N) is 6. The Labute approximate surface area is 128 Å². The Kier molecular flexibility index (Phi) is 2.58. The normalized spacial score (nSPS) is 11.6. The average Bonchev–Trinajstić information content (AvgIpc) is 3.05. The van der Waals surface area contributed by atoms with Crippen LogP contribution < -0.4 is 0 Å². The van der Waals surface area contributed by atoms with Crippen LogP contribution in [0, 0.1) is 13.8 Å². The molecule has 0 aliphatic rings. The van der Waals surface area contributed by atoms with Crippen LogP contribution in [0.1, 0.15) is 11.3 Å². The van der Waals surface area contributed by atoms with Gasteiger partial charge in [0.2, 0.25) is 0 Å². The molecule has 0 aromatic carbocycles. The molecule has 0 amide bonds. The quantitative estimate of drug-likeness (QED) is 0.533. The molecular formula is C14H11BrN6. The van der Waals surface area contributed by atoms with Gasteiger partial charge in [-0.3, -0.25) is 4.57 Å². The molecule has 21 heavy (non-hydrogen) atoms. The highest BCUT2D eigenvalue weighted by Gasteiger charge is 2.17. The number of hydrogen-bond donors (Lipinski definition) is 0. The van der Waals surface area contributed by atoms with Crippen LogP contribution in [0.25, 0.3) is 22.5 Å². The molecule has 4 rings (SSSR count). The van der Waals surface area contributed by atoms with E-state index < -0.39 is 0 Å². The van der Waals surface area contributed by atoms with Crippen LogP contribution in [0.15, 0.2) is 35.5 Å². The van der Waals surface area contributed by atoms with E-state index in [1.807, 2.05) is 16.7 Å². The zero-order valence-electron chi connectivity index (χ0n) is 11.4. The highest BCUT2D eigenvalue weighted by molar-refractivity contribution is 9.10. The molecule has 4 heterocycles. The summed E-state index contributed by atoms with van der Waals surface area (Å²) in [4.78, 5) is 13.3. The third-order valence-electron chi connectivity index (χ3n) is 3.72. The van der Waals surface area contributed by atoms with E-state index in [0.717, 1.165) is 38.2 Å². The number of aryl methyl sites for hydroxylation is 1. The predicted octanol–water partition coefficient (Wildman–Crippen LogP) is 2.84. The molecule has 0 atom stereocenters. The van der Waals surface area contributed by atoms with Crippen molar-refractivity contribution in [3.63, 3.8) is 0 Å². The Morgan fingerprint density at radius 1 is 1.05 bits per heavy atom. The zero-order chi connectivity index (χ0) is 14.6. The van der Waals surface area contributed by atoms with Crippen molar-refractivity contribution in [2.45, 2.75) is 13.8 Å². The van der Waals surface area contributed by atoms with Crippen LogP contribution in [0.2, 0.25) is 0 Å². The van der Waals surface area contributed by atoms with Crippen molar-refractivity contribution >= 4 is 32.6 Å². The number of aromatic nitrogens is 6. The lowest BCUT2D eigenvalue weighted by Crippen LogP contribution is -2.01. The van der Waals surface area contributed by atoms with Gasteiger partial charge in [-0.05, 0) is 47.5 Å². The van der Waals surface area contributed by atoms with Gasteiger partial charge in [-0.2, -0.15) is 5.10 Å². The fourth-order valence-electron chi connectivity index (χ4n) is 2.58. The van der Waals surface area contributed by atoms with Crippen molar-refractivity contribution in [2.24, 2.45) is 0 Å². The molecule has 0 bridgehead atoms. The maximum absolute atomic E-state index is 4.53. The maximum atomic E-state index is 4.53. The van der Waals surface area contributed by atoms with Gasteiger partial charge < -0.3 is 0 Å². The van der Waals surface area contributed by atoms with Crippen molar-refractivity contribution in [1.82, 2.24) is 29.1 Å². The van der Waals surface area contributed by atoms with Crippen LogP contribution in [0.5, 0.6) is 0 Å². The summed E-state index contributed by atoms with van der Waals surface area (Å²) in [7, 11) is 0. The molecule has 4 aromatic heterocycles. The highest BCUT2D eigenvalue weighted by atomic mass is 79.9. The smallest absolute Gasteiger partial charge is 0.168 e. The fraction of sp³-hybridized carbons (Fsp3) is 0.143. The predicted molar refractivity (Wildman–Crippen MR) is 82.6 cm³/mol. The summed E-state index contributed by atoms with van der Waals surface area (Å²) < 4.78 is 4.68. The van der Waals surface area contributed by atoms with Crippen LogP contribution in [-0.4, -0.2) is 29.1 Å². The molecule has 0 radical (unpaired) electrons. The second kappa shape index (κ2) is 4.36. The molecule has 0 saturated heterocycles. The lowest BCUT2D eigenvalue weighted by atomic mass is 10.2. The molecule has 0 aliphatic heterocycles. The van der Waals surface area contributed by atoms with Crippen LogP contribution >= 0.6 is 15.9 Å². The molecule has 0 spiro atoms. The van der Waals surface area contributed by atoms with E-state index in [9.17, 15) is 0 Å². The van der Waals surface area contributed by atoms with E-state index in [2.05, 4.69) is 49.8 Å². The van der Waals surface area contributed by atoms with Crippen molar-refractivity contribution in [3.8, 4) is 5.82 Å². The number of pyridine rings is 1. The van der Waals surface area contributed by atoms with E-state index >= 15 is 0 Å². The summed E-state index contributed by atoms with van der Waals surface area (Å²) in [5.74, 6) is 0.838. The Hall–Kier alpha value is -2.28. The molecule has 0 N–H and O–H groups in total. The first-order valence-electron chi connectivity index (χ1n) is 6.44. The molecule has 0 aliphatic carbocycles. The molecular weight excluding hydrogens is 332 g/mol. The Morgan fingerprint density at radius 3 is 2.67 bits per heavy atom. The molecule has 4 aromatic rings. The SMILES string of the molecule is Cc1c(C)n(-c2ccc(Br)cn2)c2ncn3ncnc3c12. The van der Waals surface area contributed by atoms with Gasteiger partial charge in [-0.25, -0.2) is 19.5 Å². The van der Waals surface area contributed by atoms with Crippen molar-refractivity contribution in [3.05, 3.63) is 46.7 Å². The van der Waals surface area contributed by atoms with Crippen LogP contribution in [-0.2, 0) is 0 Å². The second-order valence-electron chi connectivity index (χ2n) is 4.85. The second-order valence-corrected chi connectivity index (χ2v) is 5.77. The van der Waals surface area contributed by atoms with Crippen molar-refractivity contribution in [2.75, 3.05) is 0 Å². The lowest BCUT2D eigenvalue weighted by molar-refractivity contribution is 0.916. The molecule has 0 fully saturated rings. The lowest BCUT2D eigenvalue weighted by Gasteiger charge is -2.06. The van der Waals surface area contributed by atoms with E-state index in [0.29, 0.717) is 0 Å². The number of hydrogen-bond acceptors (Lipinski definition) is 4. The topological polar surface area (TPSA) is 60.9 Å². The van der Waals surface area contributed by atoms with Gasteiger partial charge >= 0.3 is 0 Å². The van der Waals surface area contributed by atoms with E-state index in [4.69, 9.17) is 0 Å². The number of rotatable bonds is 1. The van der Waals surface area contributed by atoms with Gasteiger partial charge in [0.25, 0.3) is 0 Å². The fourth-order valence-corrected chi connectivity index (χ4v) is 2.82. The summed E-state index contributed by atoms with van der Waals surface area (Å²) in [5.41, 5.74) is 3.90. The molecule has 104 valence electrons. The molecule has 0 unspecified atom stereocenters. The van der Waals surface area contributed by atoms with Gasteiger partial charge in [0.1, 0.15) is 18.5 Å². The monoisotopic (exact) mass is 342 g/mol. The first-order chi connectivity index (χ1) is 10.2. The third-order valence-corrected chi connectivity index (χ3v) is 4.18. The molecule has 7 heteroatoms. The molecule has 6 nitrogen and oxygen atoms in total. The van der Waals surface area contributed by atoms with Gasteiger partial charge in [0.15, 0.2) is 11.3 Å². The Bertz CT molecular complexity index is 967. The minimum absolute atomic E-state index is 0.816. The van der Waals surface area contributed by atoms with Crippen molar-refractivity contribution < 1.29 is 0 Å². The Morgan fingerprint density at radius 2 is 1.90 bits per heavy atom. The zero-order valence-corrected chi connectivity index (χ0v) is 13.0. The van der Waals surface area contributed by atoms with Crippen molar-refractivity contribution in [1.29, 1.82) is 0 Å². The van der Waals surface area contributed by atoms with Crippen LogP contribution in [0.4, 0.5) is 0 Å². The van der Waals surface area contributed by atoms with Gasteiger partial charge in [-0.1, -0.05) is 0 Å². The van der Waals surface area contributed by atoms with E-state index in [1.165, 1.54) is 0 Å². The minimum Gasteiger partial charge on any atom is -0.282 e. The minimum atomic E-state index is 0.816. The van der Waals surface area contributed by atoms with Gasteiger partial charge in [0, 0.05) is 16.4 Å². The first kappa shape index (κ1) is 12.5. The van der Waals surface area contributed by atoms with Gasteiger partial charge in [0.05, 0.1) is 5.39 Å². The first-order valence-corrected chi connectivity index (χ1v) is 7.24. The largest absolute Gasteiger partial charge is 0.282 e. The molecule has 0 saturated carbocycles. The number of halogens is 1. The third kappa shape index (κ3) is 1.70. The number of fused-ring (bicyclic) bond motifs is 3. The summed E-state index contributed by atoms with van der Waals surface area (Å²) >= 11 is 3.41. The summed E-state index contributed by atoms with van der Waals surface area (Å²) in [6.45, 7) is 4.14. The summed E-state index contributed by atoms with van der Waals surface area (Å²) in [6, 6.07) is 3.93. The van der Waals surface area contributed by atoms with Gasteiger partial charge in [-0.15, -0.1) is 0 Å². The maximum Gasteiger partial charge on any atom is 0.168 e. The standard InChI is InChI=1S/C14H11BrN6/c1-8-9(2)21(11-4-3-10(15)5-16-11)14-12(8)13-17-6-19-20(13)7-18-14/h3-7H,1-2H3. The average molecular weight is 343 g/mol. The Balaban J connectivity index is 2.14. The van der Waals surface area contributed by atoms with E-state index in [-0.39, 0.29) is 0 Å². The summed E-state index contributed by atoms with van der Waals surface area (Å²) in [5, 5.41) is 5.16. The van der Waals surface area contributed by atoms with Crippen LogP contribution in [0.3, 0.4) is 0 Å².